The number of hydrogen-bond acceptors (Lipinski definition) is 5. The van der Waals surface area contributed by atoms with E-state index in [0.29, 0.717) is 30.0 Å². The molecule has 1 aromatic heterocycles. The molecule has 24 heavy (non-hydrogen) atoms. The van der Waals surface area contributed by atoms with E-state index in [-0.39, 0.29) is 5.82 Å². The van der Waals surface area contributed by atoms with E-state index >= 15 is 0 Å². The first kappa shape index (κ1) is 16.3. The van der Waals surface area contributed by atoms with Crippen LogP contribution in [-0.2, 0) is 12.8 Å². The lowest BCUT2D eigenvalue weighted by Crippen LogP contribution is -2.49. The zero-order valence-corrected chi connectivity index (χ0v) is 13.7. The molecule has 0 spiro atoms. The van der Waals surface area contributed by atoms with Crippen LogP contribution in [-0.4, -0.2) is 35.6 Å². The molecule has 0 amide bonds. The van der Waals surface area contributed by atoms with E-state index in [1.165, 1.54) is 6.07 Å². The molecule has 1 unspecified atom stereocenters. The molecule has 3 rings (SSSR count). The highest BCUT2D eigenvalue weighted by Crippen LogP contribution is 2.15. The van der Waals surface area contributed by atoms with Gasteiger partial charge in [-0.1, -0.05) is 6.07 Å². The second-order valence-corrected chi connectivity index (χ2v) is 6.09. The molecule has 6 heteroatoms. The van der Waals surface area contributed by atoms with Gasteiger partial charge in [-0.05, 0) is 37.5 Å². The fourth-order valence-corrected chi connectivity index (χ4v) is 2.89. The summed E-state index contributed by atoms with van der Waals surface area (Å²) in [7, 11) is 0. The van der Waals surface area contributed by atoms with Crippen LogP contribution in [0.4, 0.5) is 10.2 Å². The fourth-order valence-electron chi connectivity index (χ4n) is 2.89. The molecular formula is C18H20FN5. The lowest BCUT2D eigenvalue weighted by molar-refractivity contribution is 0.481. The van der Waals surface area contributed by atoms with Crippen molar-refractivity contribution in [2.24, 2.45) is 0 Å². The molecule has 1 saturated heterocycles. The Morgan fingerprint density at radius 2 is 2.25 bits per heavy atom. The third-order valence-corrected chi connectivity index (χ3v) is 4.20. The van der Waals surface area contributed by atoms with Gasteiger partial charge in [0.25, 0.3) is 0 Å². The summed E-state index contributed by atoms with van der Waals surface area (Å²) in [6.07, 6.45) is 4.67. The molecule has 0 saturated carbocycles. The SMILES string of the molecule is CC1CN(c2cncc(CCc3ccc(C#N)cc3F)n2)CCN1. The van der Waals surface area contributed by atoms with Crippen molar-refractivity contribution in [3.05, 3.63) is 53.2 Å². The van der Waals surface area contributed by atoms with Crippen LogP contribution in [0.3, 0.4) is 0 Å². The standard InChI is InChI=1S/C18H20FN5/c1-13-12-24(7-6-22-13)18-11-21-10-16(23-18)5-4-15-3-2-14(9-20)8-17(15)19/h2-3,8,10-11,13,22H,4-7,12H2,1H3. The molecule has 1 N–H and O–H groups in total. The number of hydrogen-bond donors (Lipinski definition) is 1. The minimum atomic E-state index is -0.339. The van der Waals surface area contributed by atoms with Gasteiger partial charge >= 0.3 is 0 Å². The number of aromatic nitrogens is 2. The maximum atomic E-state index is 14.0. The molecule has 2 aromatic rings. The van der Waals surface area contributed by atoms with Crippen LogP contribution < -0.4 is 10.2 Å². The predicted octanol–water partition coefficient (Wildman–Crippen LogP) is 2.07. The smallest absolute Gasteiger partial charge is 0.147 e. The van der Waals surface area contributed by atoms with Gasteiger partial charge in [-0.2, -0.15) is 5.26 Å². The summed E-state index contributed by atoms with van der Waals surface area (Å²) < 4.78 is 14.0. The molecule has 2 heterocycles. The van der Waals surface area contributed by atoms with Gasteiger partial charge in [-0.3, -0.25) is 4.98 Å². The van der Waals surface area contributed by atoms with Crippen LogP contribution in [0.1, 0.15) is 23.7 Å². The Morgan fingerprint density at radius 1 is 1.38 bits per heavy atom. The Kier molecular flexibility index (Phi) is 5.02. The van der Waals surface area contributed by atoms with Crippen molar-refractivity contribution in [1.29, 1.82) is 5.26 Å². The van der Waals surface area contributed by atoms with E-state index in [4.69, 9.17) is 5.26 Å². The van der Waals surface area contributed by atoms with Crippen LogP contribution in [0.25, 0.3) is 0 Å². The normalized spacial score (nSPS) is 17.5. The molecule has 1 atom stereocenters. The Bertz CT molecular complexity index is 755. The highest BCUT2D eigenvalue weighted by molar-refractivity contribution is 5.38. The van der Waals surface area contributed by atoms with E-state index in [0.717, 1.165) is 31.1 Å². The number of piperazine rings is 1. The first-order valence-electron chi connectivity index (χ1n) is 8.13. The van der Waals surface area contributed by atoms with E-state index < -0.39 is 0 Å². The third kappa shape index (κ3) is 3.87. The molecule has 0 bridgehead atoms. The van der Waals surface area contributed by atoms with Gasteiger partial charge in [0.05, 0.1) is 23.5 Å². The molecule has 1 aliphatic rings. The molecule has 1 aromatic carbocycles. The molecule has 1 fully saturated rings. The Balaban J connectivity index is 1.68. The maximum absolute atomic E-state index is 14.0. The summed E-state index contributed by atoms with van der Waals surface area (Å²) in [5, 5.41) is 12.2. The first-order chi connectivity index (χ1) is 11.7. The van der Waals surface area contributed by atoms with Crippen LogP contribution in [0.15, 0.2) is 30.6 Å². The zero-order valence-electron chi connectivity index (χ0n) is 13.7. The van der Waals surface area contributed by atoms with Crippen LogP contribution in [0.2, 0.25) is 0 Å². The van der Waals surface area contributed by atoms with Crippen molar-refractivity contribution in [2.75, 3.05) is 24.5 Å². The third-order valence-electron chi connectivity index (χ3n) is 4.20. The number of rotatable bonds is 4. The van der Waals surface area contributed by atoms with Gasteiger partial charge in [0.15, 0.2) is 0 Å². The predicted molar refractivity (Wildman–Crippen MR) is 90.2 cm³/mol. The lowest BCUT2D eigenvalue weighted by Gasteiger charge is -2.32. The average Bonchev–Trinajstić information content (AvgIpc) is 2.61. The van der Waals surface area contributed by atoms with Gasteiger partial charge in [0.1, 0.15) is 11.6 Å². The summed E-state index contributed by atoms with van der Waals surface area (Å²) in [5.74, 6) is 0.537. The lowest BCUT2D eigenvalue weighted by atomic mass is 10.1. The van der Waals surface area contributed by atoms with E-state index in [2.05, 4.69) is 27.1 Å². The molecule has 5 nitrogen and oxygen atoms in total. The van der Waals surface area contributed by atoms with Gasteiger partial charge in [-0.25, -0.2) is 9.37 Å². The number of halogens is 1. The minimum absolute atomic E-state index is 0.339. The topological polar surface area (TPSA) is 64.8 Å². The summed E-state index contributed by atoms with van der Waals surface area (Å²) in [5.41, 5.74) is 1.78. The minimum Gasteiger partial charge on any atom is -0.353 e. The second-order valence-electron chi connectivity index (χ2n) is 6.09. The van der Waals surface area contributed by atoms with Crippen molar-refractivity contribution >= 4 is 5.82 Å². The maximum Gasteiger partial charge on any atom is 0.147 e. The summed E-state index contributed by atoms with van der Waals surface area (Å²) in [4.78, 5) is 11.2. The van der Waals surface area contributed by atoms with Crippen LogP contribution >= 0.6 is 0 Å². The molecule has 1 aliphatic heterocycles. The molecule has 124 valence electrons. The first-order valence-corrected chi connectivity index (χ1v) is 8.13. The number of anilines is 1. The highest BCUT2D eigenvalue weighted by Gasteiger charge is 2.17. The van der Waals surface area contributed by atoms with E-state index in [1.54, 1.807) is 24.5 Å². The highest BCUT2D eigenvalue weighted by atomic mass is 19.1. The van der Waals surface area contributed by atoms with Crippen LogP contribution in [0.5, 0.6) is 0 Å². The van der Waals surface area contributed by atoms with Gasteiger partial charge in [0.2, 0.25) is 0 Å². The largest absolute Gasteiger partial charge is 0.353 e. The molecule has 0 aliphatic carbocycles. The Hall–Kier alpha value is -2.52. The van der Waals surface area contributed by atoms with Gasteiger partial charge in [-0.15, -0.1) is 0 Å². The van der Waals surface area contributed by atoms with Crippen molar-refractivity contribution < 1.29 is 4.39 Å². The molecular weight excluding hydrogens is 305 g/mol. The molecule has 0 radical (unpaired) electrons. The van der Waals surface area contributed by atoms with Crippen molar-refractivity contribution in [2.45, 2.75) is 25.8 Å². The van der Waals surface area contributed by atoms with Crippen LogP contribution in [0, 0.1) is 17.1 Å². The van der Waals surface area contributed by atoms with Gasteiger partial charge < -0.3 is 10.2 Å². The van der Waals surface area contributed by atoms with Crippen molar-refractivity contribution in [1.82, 2.24) is 15.3 Å². The number of nitrogens with one attached hydrogen (secondary N) is 1. The number of aryl methyl sites for hydroxylation is 2. The van der Waals surface area contributed by atoms with Gasteiger partial charge in [0, 0.05) is 31.9 Å². The van der Waals surface area contributed by atoms with E-state index in [1.807, 2.05) is 6.07 Å². The zero-order chi connectivity index (χ0) is 16.9. The summed E-state index contributed by atoms with van der Waals surface area (Å²) >= 11 is 0. The summed E-state index contributed by atoms with van der Waals surface area (Å²) in [6.45, 7) is 4.90. The average molecular weight is 325 g/mol. The van der Waals surface area contributed by atoms with Crippen molar-refractivity contribution in [3.63, 3.8) is 0 Å². The Morgan fingerprint density at radius 3 is 3.00 bits per heavy atom. The van der Waals surface area contributed by atoms with E-state index in [9.17, 15) is 4.39 Å². The monoisotopic (exact) mass is 325 g/mol. The number of nitrogens with zero attached hydrogens (tertiary/aromatic N) is 4. The quantitative estimate of drug-likeness (QED) is 0.932. The number of nitriles is 1. The summed E-state index contributed by atoms with van der Waals surface area (Å²) in [6, 6.07) is 6.96. The second kappa shape index (κ2) is 7.37. The van der Waals surface area contributed by atoms with Crippen molar-refractivity contribution in [3.8, 4) is 6.07 Å². The number of benzene rings is 1. The fraction of sp³-hybridized carbons (Fsp3) is 0.389. The Labute approximate surface area is 141 Å².